The topological polar surface area (TPSA) is 70.5 Å². The molecule has 0 aliphatic carbocycles. The first-order valence-electron chi connectivity index (χ1n) is 8.08. The zero-order chi connectivity index (χ0) is 17.9. The highest BCUT2D eigenvalue weighted by atomic mass is 32.1. The number of fused-ring (bicyclic) bond motifs is 1. The van der Waals surface area contributed by atoms with E-state index in [-0.39, 0.29) is 6.61 Å². The maximum atomic E-state index is 5.82. The predicted octanol–water partition coefficient (Wildman–Crippen LogP) is 3.29. The third kappa shape index (κ3) is 3.23. The SMILES string of the molecule is COc1ccc(OCc2n[nH]c(=S)n2-c2ccc3c(c2)OCCO3)cc1. The van der Waals surface area contributed by atoms with Gasteiger partial charge in [0.25, 0.3) is 0 Å². The molecule has 0 spiro atoms. The lowest BCUT2D eigenvalue weighted by Crippen LogP contribution is -2.15. The Morgan fingerprint density at radius 1 is 1.08 bits per heavy atom. The first-order valence-corrected chi connectivity index (χ1v) is 8.48. The van der Waals surface area contributed by atoms with E-state index in [1.54, 1.807) is 7.11 Å². The lowest BCUT2D eigenvalue weighted by atomic mass is 10.2. The van der Waals surface area contributed by atoms with Gasteiger partial charge in [-0.25, -0.2) is 0 Å². The lowest BCUT2D eigenvalue weighted by molar-refractivity contribution is 0.171. The molecule has 1 N–H and O–H groups in total. The first-order chi connectivity index (χ1) is 12.7. The second-order valence-electron chi connectivity index (χ2n) is 5.57. The molecular weight excluding hydrogens is 354 g/mol. The van der Waals surface area contributed by atoms with Crippen LogP contribution in [0.2, 0.25) is 0 Å². The van der Waals surface area contributed by atoms with E-state index in [1.165, 1.54) is 0 Å². The van der Waals surface area contributed by atoms with Gasteiger partial charge in [-0.05, 0) is 48.6 Å². The van der Waals surface area contributed by atoms with Crippen molar-refractivity contribution in [2.75, 3.05) is 20.3 Å². The lowest BCUT2D eigenvalue weighted by Gasteiger charge is -2.19. The standard InChI is InChI=1S/C18H17N3O4S/c1-22-13-3-5-14(6-4-13)25-11-17-19-20-18(26)21(17)12-2-7-15-16(10-12)24-9-8-23-15/h2-7,10H,8-9,11H2,1H3,(H,20,26). The van der Waals surface area contributed by atoms with Crippen molar-refractivity contribution in [3.8, 4) is 28.7 Å². The summed E-state index contributed by atoms with van der Waals surface area (Å²) in [5.74, 6) is 3.57. The summed E-state index contributed by atoms with van der Waals surface area (Å²) in [6, 6.07) is 13.0. The Morgan fingerprint density at radius 2 is 1.81 bits per heavy atom. The number of ether oxygens (including phenoxy) is 4. The summed E-state index contributed by atoms with van der Waals surface area (Å²) in [6.45, 7) is 1.34. The van der Waals surface area contributed by atoms with Crippen LogP contribution in [0.4, 0.5) is 0 Å². The fourth-order valence-corrected chi connectivity index (χ4v) is 2.94. The molecule has 8 heteroatoms. The van der Waals surface area contributed by atoms with Crippen LogP contribution in [0.3, 0.4) is 0 Å². The van der Waals surface area contributed by atoms with E-state index in [0.717, 1.165) is 17.2 Å². The minimum absolute atomic E-state index is 0.258. The largest absolute Gasteiger partial charge is 0.497 e. The van der Waals surface area contributed by atoms with Gasteiger partial charge in [0.2, 0.25) is 0 Å². The molecule has 1 aliphatic rings. The Hall–Kier alpha value is -3.00. The smallest absolute Gasteiger partial charge is 0.199 e. The summed E-state index contributed by atoms with van der Waals surface area (Å²) < 4.78 is 24.5. The molecule has 2 aromatic carbocycles. The summed E-state index contributed by atoms with van der Waals surface area (Å²) in [5.41, 5.74) is 0.835. The van der Waals surface area contributed by atoms with Gasteiger partial charge >= 0.3 is 0 Å². The number of aromatic nitrogens is 3. The molecule has 3 aromatic rings. The van der Waals surface area contributed by atoms with Crippen molar-refractivity contribution >= 4 is 12.2 Å². The van der Waals surface area contributed by atoms with Crippen LogP contribution in [0.5, 0.6) is 23.0 Å². The van der Waals surface area contributed by atoms with Crippen molar-refractivity contribution in [1.82, 2.24) is 14.8 Å². The van der Waals surface area contributed by atoms with Gasteiger partial charge in [-0.1, -0.05) is 0 Å². The molecule has 1 aromatic heterocycles. The third-order valence-electron chi connectivity index (χ3n) is 3.95. The number of hydrogen-bond donors (Lipinski definition) is 1. The normalized spacial score (nSPS) is 12.7. The van der Waals surface area contributed by atoms with Crippen LogP contribution >= 0.6 is 12.2 Å². The van der Waals surface area contributed by atoms with E-state index in [2.05, 4.69) is 10.2 Å². The van der Waals surface area contributed by atoms with Crippen molar-refractivity contribution < 1.29 is 18.9 Å². The van der Waals surface area contributed by atoms with Gasteiger partial charge in [0, 0.05) is 6.07 Å². The molecule has 0 fully saturated rings. The quantitative estimate of drug-likeness (QED) is 0.694. The van der Waals surface area contributed by atoms with Crippen LogP contribution < -0.4 is 18.9 Å². The van der Waals surface area contributed by atoms with Gasteiger partial charge in [-0.15, -0.1) is 0 Å². The number of hydrogen-bond acceptors (Lipinski definition) is 6. The van der Waals surface area contributed by atoms with Gasteiger partial charge in [-0.3, -0.25) is 9.67 Å². The maximum Gasteiger partial charge on any atom is 0.199 e. The van der Waals surface area contributed by atoms with Gasteiger partial charge in [0.1, 0.15) is 31.3 Å². The molecular formula is C18H17N3O4S. The van der Waals surface area contributed by atoms with E-state index in [4.69, 9.17) is 31.2 Å². The zero-order valence-electron chi connectivity index (χ0n) is 14.1. The van der Waals surface area contributed by atoms with E-state index >= 15 is 0 Å². The monoisotopic (exact) mass is 371 g/mol. The van der Waals surface area contributed by atoms with Gasteiger partial charge < -0.3 is 18.9 Å². The van der Waals surface area contributed by atoms with Crippen molar-refractivity contribution in [3.63, 3.8) is 0 Å². The molecule has 0 saturated carbocycles. The first kappa shape index (κ1) is 16.5. The highest BCUT2D eigenvalue weighted by molar-refractivity contribution is 7.71. The molecule has 0 atom stereocenters. The molecule has 0 radical (unpaired) electrons. The van der Waals surface area contributed by atoms with Crippen LogP contribution in [0, 0.1) is 4.77 Å². The summed E-state index contributed by atoms with van der Waals surface area (Å²) in [7, 11) is 1.63. The van der Waals surface area contributed by atoms with Crippen LogP contribution in [-0.4, -0.2) is 35.1 Å². The average molecular weight is 371 g/mol. The van der Waals surface area contributed by atoms with Crippen molar-refractivity contribution in [1.29, 1.82) is 0 Å². The number of rotatable bonds is 5. The number of nitrogens with zero attached hydrogens (tertiary/aromatic N) is 2. The summed E-state index contributed by atoms with van der Waals surface area (Å²) in [4.78, 5) is 0. The molecule has 0 unspecified atom stereocenters. The molecule has 26 heavy (non-hydrogen) atoms. The maximum absolute atomic E-state index is 5.82. The summed E-state index contributed by atoms with van der Waals surface area (Å²) in [5, 5.41) is 7.09. The van der Waals surface area contributed by atoms with Gasteiger partial charge in [-0.2, -0.15) is 5.10 Å². The number of methoxy groups -OCH3 is 1. The van der Waals surface area contributed by atoms with Crippen LogP contribution in [-0.2, 0) is 6.61 Å². The average Bonchev–Trinajstić information content (AvgIpc) is 3.07. The minimum Gasteiger partial charge on any atom is -0.497 e. The van der Waals surface area contributed by atoms with Crippen molar-refractivity contribution in [2.24, 2.45) is 0 Å². The second kappa shape index (κ2) is 7.09. The second-order valence-corrected chi connectivity index (χ2v) is 5.96. The van der Waals surface area contributed by atoms with E-state index in [9.17, 15) is 0 Å². The number of benzene rings is 2. The fraction of sp³-hybridized carbons (Fsp3) is 0.222. The summed E-state index contributed by atoms with van der Waals surface area (Å²) >= 11 is 5.37. The number of nitrogens with one attached hydrogen (secondary N) is 1. The Bertz CT molecular complexity index is 965. The molecule has 0 bridgehead atoms. The van der Waals surface area contributed by atoms with Crippen LogP contribution in [0.15, 0.2) is 42.5 Å². The van der Waals surface area contributed by atoms with Crippen molar-refractivity contribution in [3.05, 3.63) is 53.1 Å². The molecule has 7 nitrogen and oxygen atoms in total. The molecule has 134 valence electrons. The minimum atomic E-state index is 0.258. The van der Waals surface area contributed by atoms with Crippen LogP contribution in [0.25, 0.3) is 5.69 Å². The van der Waals surface area contributed by atoms with Gasteiger partial charge in [0.05, 0.1) is 12.8 Å². The Morgan fingerprint density at radius 3 is 2.58 bits per heavy atom. The number of H-pyrrole nitrogens is 1. The van der Waals surface area contributed by atoms with E-state index in [0.29, 0.717) is 35.3 Å². The third-order valence-corrected chi connectivity index (χ3v) is 4.23. The Labute approximate surface area is 155 Å². The molecule has 0 saturated heterocycles. The molecule has 2 heterocycles. The molecule has 1 aliphatic heterocycles. The zero-order valence-corrected chi connectivity index (χ0v) is 14.9. The van der Waals surface area contributed by atoms with Gasteiger partial charge in [0.15, 0.2) is 22.1 Å². The Balaban J connectivity index is 1.58. The predicted molar refractivity (Wildman–Crippen MR) is 97.1 cm³/mol. The summed E-state index contributed by atoms with van der Waals surface area (Å²) in [6.07, 6.45) is 0. The highest BCUT2D eigenvalue weighted by Crippen LogP contribution is 2.32. The van der Waals surface area contributed by atoms with Crippen LogP contribution in [0.1, 0.15) is 5.82 Å². The van der Waals surface area contributed by atoms with E-state index < -0.39 is 0 Å². The van der Waals surface area contributed by atoms with Crippen molar-refractivity contribution in [2.45, 2.75) is 6.61 Å². The highest BCUT2D eigenvalue weighted by Gasteiger charge is 2.15. The molecule has 4 rings (SSSR count). The van der Waals surface area contributed by atoms with E-state index in [1.807, 2.05) is 47.0 Å². The number of aromatic amines is 1. The fourth-order valence-electron chi connectivity index (χ4n) is 2.68. The Kier molecular flexibility index (Phi) is 4.49. The molecule has 0 amide bonds.